The molecule has 0 aliphatic rings. The van der Waals surface area contributed by atoms with Gasteiger partial charge in [-0.1, -0.05) is 170 Å². The first kappa shape index (κ1) is 31.9. The second kappa shape index (κ2) is 13.0. The lowest BCUT2D eigenvalue weighted by molar-refractivity contribution is 0.670. The maximum absolute atomic E-state index is 6.52. The molecule has 5 heteroatoms. The third-order valence-electron chi connectivity index (χ3n) is 10.7. The number of furan rings is 1. The van der Waals surface area contributed by atoms with Crippen LogP contribution in [0.2, 0.25) is 0 Å². The summed E-state index contributed by atoms with van der Waals surface area (Å²) in [5, 5.41) is 4.58. The van der Waals surface area contributed by atoms with E-state index in [2.05, 4.69) is 126 Å². The molecule has 3 heterocycles. The molecule has 0 unspecified atom stereocenters. The van der Waals surface area contributed by atoms with Gasteiger partial charge < -0.3 is 8.98 Å². The zero-order valence-electron chi connectivity index (χ0n) is 30.2. The van der Waals surface area contributed by atoms with Gasteiger partial charge in [0.25, 0.3) is 0 Å². The normalized spacial score (nSPS) is 11.6. The van der Waals surface area contributed by atoms with Gasteiger partial charge in [0.05, 0.1) is 16.7 Å². The fraction of sp³-hybridized carbons (Fsp3) is 0. The van der Waals surface area contributed by atoms with Crippen LogP contribution in [0.4, 0.5) is 0 Å². The molecule has 0 saturated carbocycles. The Kier molecular flexibility index (Phi) is 7.42. The highest BCUT2D eigenvalue weighted by atomic mass is 16.3. The van der Waals surface area contributed by atoms with Crippen molar-refractivity contribution in [1.29, 1.82) is 0 Å². The minimum atomic E-state index is 0.608. The average molecular weight is 717 g/mol. The van der Waals surface area contributed by atoms with Crippen molar-refractivity contribution in [2.45, 2.75) is 0 Å². The summed E-state index contributed by atoms with van der Waals surface area (Å²) < 4.78 is 8.92. The van der Waals surface area contributed by atoms with Crippen molar-refractivity contribution in [1.82, 2.24) is 19.5 Å². The summed E-state index contributed by atoms with van der Waals surface area (Å²) in [6.45, 7) is 0. The second-order valence-electron chi connectivity index (χ2n) is 14.0. The lowest BCUT2D eigenvalue weighted by Gasteiger charge is -2.18. The van der Waals surface area contributed by atoms with E-state index >= 15 is 0 Å². The number of nitrogens with zero attached hydrogens (tertiary/aromatic N) is 4. The zero-order valence-corrected chi connectivity index (χ0v) is 30.2. The average Bonchev–Trinajstić information content (AvgIpc) is 3.82. The summed E-state index contributed by atoms with van der Waals surface area (Å²) in [6.07, 6.45) is 0. The molecule has 0 radical (unpaired) electrons. The van der Waals surface area contributed by atoms with Gasteiger partial charge in [0.15, 0.2) is 17.5 Å². The fourth-order valence-corrected chi connectivity index (χ4v) is 8.12. The lowest BCUT2D eigenvalue weighted by atomic mass is 9.96. The third-order valence-corrected chi connectivity index (χ3v) is 10.7. The van der Waals surface area contributed by atoms with Gasteiger partial charge in [-0.3, -0.25) is 0 Å². The van der Waals surface area contributed by atoms with Gasteiger partial charge in [0.1, 0.15) is 11.2 Å². The van der Waals surface area contributed by atoms with Crippen molar-refractivity contribution in [3.8, 4) is 62.1 Å². The van der Waals surface area contributed by atoms with Gasteiger partial charge in [-0.2, -0.15) is 0 Å². The molecule has 56 heavy (non-hydrogen) atoms. The van der Waals surface area contributed by atoms with E-state index in [1.165, 1.54) is 10.8 Å². The molecule has 0 spiro atoms. The van der Waals surface area contributed by atoms with E-state index < -0.39 is 0 Å². The maximum Gasteiger partial charge on any atom is 0.164 e. The van der Waals surface area contributed by atoms with Crippen LogP contribution in [0.5, 0.6) is 0 Å². The Morgan fingerprint density at radius 3 is 1.64 bits per heavy atom. The quantitative estimate of drug-likeness (QED) is 0.172. The summed E-state index contributed by atoms with van der Waals surface area (Å²) in [4.78, 5) is 15.4. The number of hydrogen-bond acceptors (Lipinski definition) is 4. The Morgan fingerprint density at radius 1 is 0.357 bits per heavy atom. The number of benzene rings is 8. The molecule has 0 bridgehead atoms. The maximum atomic E-state index is 6.52. The molecular weight excluding hydrogens is 685 g/mol. The summed E-state index contributed by atoms with van der Waals surface area (Å²) in [5.41, 5.74) is 12.0. The third kappa shape index (κ3) is 5.21. The highest BCUT2D eigenvalue weighted by Crippen LogP contribution is 2.43. The molecule has 0 fully saturated rings. The van der Waals surface area contributed by atoms with Crippen LogP contribution in [0.3, 0.4) is 0 Å². The molecule has 0 aliphatic heterocycles. The number of para-hydroxylation sites is 3. The van der Waals surface area contributed by atoms with Crippen molar-refractivity contribution in [2.75, 3.05) is 0 Å². The summed E-state index contributed by atoms with van der Waals surface area (Å²) >= 11 is 0. The van der Waals surface area contributed by atoms with Gasteiger partial charge >= 0.3 is 0 Å². The highest BCUT2D eigenvalue weighted by molar-refractivity contribution is 6.13. The Labute approximate surface area is 322 Å². The van der Waals surface area contributed by atoms with E-state index in [1.807, 2.05) is 72.8 Å². The van der Waals surface area contributed by atoms with E-state index in [0.29, 0.717) is 17.5 Å². The highest BCUT2D eigenvalue weighted by Gasteiger charge is 2.22. The van der Waals surface area contributed by atoms with E-state index in [4.69, 9.17) is 19.4 Å². The molecule has 3 aromatic heterocycles. The molecule has 11 rings (SSSR count). The van der Waals surface area contributed by atoms with Crippen LogP contribution in [-0.2, 0) is 0 Å². The van der Waals surface area contributed by atoms with Crippen molar-refractivity contribution in [3.63, 3.8) is 0 Å². The number of fused-ring (bicyclic) bond motifs is 6. The smallest absolute Gasteiger partial charge is 0.164 e. The van der Waals surface area contributed by atoms with E-state index in [0.717, 1.165) is 77.6 Å². The number of rotatable bonds is 6. The van der Waals surface area contributed by atoms with Crippen LogP contribution in [0.15, 0.2) is 199 Å². The Bertz CT molecular complexity index is 3180. The molecule has 0 N–H and O–H groups in total. The SMILES string of the molecule is c1ccc(-c2nc(-c3ccccc3)nc(-c3cccc(-n4c5ccccc5c5ccc(-c6cccc7c6oc6ccccc67)cc54)c3-c3ccccc3)n2)cc1. The molecular formula is C51H32N4O. The standard InChI is InChI=1S/C51H32N4O/c1-4-16-33(17-5-1)47-42(51-53-49(34-18-6-2-7-19-34)52-50(54-51)35-20-8-3-9-21-35)26-15-28-44(47)55-43-27-12-10-22-38(43)39-31-30-36(32-45(39)55)37-24-14-25-41-40-23-11-13-29-46(40)56-48(37)41/h1-32H. The summed E-state index contributed by atoms with van der Waals surface area (Å²) in [6, 6.07) is 67.4. The van der Waals surface area contributed by atoms with E-state index in [1.54, 1.807) is 0 Å². The second-order valence-corrected chi connectivity index (χ2v) is 14.0. The Hall–Kier alpha value is -7.63. The Balaban J connectivity index is 1.19. The Morgan fingerprint density at radius 2 is 0.911 bits per heavy atom. The molecule has 262 valence electrons. The van der Waals surface area contributed by atoms with E-state index in [9.17, 15) is 0 Å². The van der Waals surface area contributed by atoms with Gasteiger partial charge in [-0.05, 0) is 35.4 Å². The minimum Gasteiger partial charge on any atom is -0.455 e. The largest absolute Gasteiger partial charge is 0.455 e. The molecule has 0 aliphatic carbocycles. The molecule has 0 saturated heterocycles. The molecule has 8 aromatic carbocycles. The molecule has 0 atom stereocenters. The van der Waals surface area contributed by atoms with Gasteiger partial charge in [0, 0.05) is 49.4 Å². The summed E-state index contributed by atoms with van der Waals surface area (Å²) in [5.74, 6) is 1.86. The van der Waals surface area contributed by atoms with Gasteiger partial charge in [-0.15, -0.1) is 0 Å². The van der Waals surface area contributed by atoms with Gasteiger partial charge in [0.2, 0.25) is 0 Å². The van der Waals surface area contributed by atoms with Crippen LogP contribution in [0.25, 0.3) is 106 Å². The monoisotopic (exact) mass is 716 g/mol. The lowest BCUT2D eigenvalue weighted by Crippen LogP contribution is -2.03. The minimum absolute atomic E-state index is 0.608. The molecule has 11 aromatic rings. The van der Waals surface area contributed by atoms with Crippen LogP contribution in [0.1, 0.15) is 0 Å². The van der Waals surface area contributed by atoms with Crippen LogP contribution < -0.4 is 0 Å². The fourth-order valence-electron chi connectivity index (χ4n) is 8.12. The van der Waals surface area contributed by atoms with Crippen molar-refractivity contribution < 1.29 is 4.42 Å². The van der Waals surface area contributed by atoms with E-state index in [-0.39, 0.29) is 0 Å². The van der Waals surface area contributed by atoms with Crippen LogP contribution in [-0.4, -0.2) is 19.5 Å². The predicted molar refractivity (Wildman–Crippen MR) is 229 cm³/mol. The van der Waals surface area contributed by atoms with Crippen molar-refractivity contribution in [2.24, 2.45) is 0 Å². The first-order valence-corrected chi connectivity index (χ1v) is 18.8. The van der Waals surface area contributed by atoms with Gasteiger partial charge in [-0.25, -0.2) is 15.0 Å². The van der Waals surface area contributed by atoms with Crippen LogP contribution in [0, 0.1) is 0 Å². The van der Waals surface area contributed by atoms with Crippen LogP contribution >= 0.6 is 0 Å². The van der Waals surface area contributed by atoms with Crippen molar-refractivity contribution in [3.05, 3.63) is 194 Å². The number of aromatic nitrogens is 4. The van der Waals surface area contributed by atoms with Crippen molar-refractivity contribution >= 4 is 43.7 Å². The zero-order chi connectivity index (χ0) is 37.0. The predicted octanol–water partition coefficient (Wildman–Crippen LogP) is 13.2. The summed E-state index contributed by atoms with van der Waals surface area (Å²) in [7, 11) is 0. The number of hydrogen-bond donors (Lipinski definition) is 0. The topological polar surface area (TPSA) is 56.7 Å². The first-order valence-electron chi connectivity index (χ1n) is 18.8. The molecule has 0 amide bonds. The first-order chi connectivity index (χ1) is 27.8. The molecule has 5 nitrogen and oxygen atoms in total.